The quantitative estimate of drug-likeness (QED) is 0.921. The van der Waals surface area contributed by atoms with E-state index in [9.17, 15) is 9.18 Å². The fourth-order valence-electron chi connectivity index (χ4n) is 1.72. The van der Waals surface area contributed by atoms with Gasteiger partial charge in [-0.15, -0.1) is 11.3 Å². The Kier molecular flexibility index (Phi) is 4.68. The summed E-state index contributed by atoms with van der Waals surface area (Å²) in [5.41, 5.74) is 1.64. The van der Waals surface area contributed by atoms with Crippen LogP contribution in [-0.2, 0) is 11.2 Å². The highest BCUT2D eigenvalue weighted by atomic mass is 32.1. The minimum absolute atomic E-state index is 0.129. The third-order valence-electron chi connectivity index (χ3n) is 2.72. The second kappa shape index (κ2) is 6.47. The number of aromatic nitrogens is 1. The van der Waals surface area contributed by atoms with Gasteiger partial charge in [0.1, 0.15) is 0 Å². The molecule has 0 saturated carbocycles. The van der Waals surface area contributed by atoms with Crippen LogP contribution in [0.2, 0.25) is 0 Å². The average molecular weight is 294 g/mol. The highest BCUT2D eigenvalue weighted by molar-refractivity contribution is 7.13. The van der Waals surface area contributed by atoms with Crippen LogP contribution in [0.3, 0.4) is 0 Å². The highest BCUT2D eigenvalue weighted by Crippen LogP contribution is 2.19. The maximum atomic E-state index is 13.5. The molecule has 6 heteroatoms. The van der Waals surface area contributed by atoms with Crippen LogP contribution in [0.25, 0.3) is 0 Å². The largest absolute Gasteiger partial charge is 0.494 e. The number of nitrogens with zero attached hydrogens (tertiary/aromatic N) is 1. The Morgan fingerprint density at radius 1 is 1.50 bits per heavy atom. The number of aryl methyl sites for hydroxylation is 2. The Hall–Kier alpha value is -1.95. The molecule has 1 aromatic carbocycles. The van der Waals surface area contributed by atoms with Crippen molar-refractivity contribution in [3.63, 3.8) is 0 Å². The number of methoxy groups -OCH3 is 1. The molecule has 0 aliphatic carbocycles. The summed E-state index contributed by atoms with van der Waals surface area (Å²) in [5.74, 6) is -0.340. The first-order valence-electron chi connectivity index (χ1n) is 6.13. The van der Waals surface area contributed by atoms with Crippen LogP contribution in [0.15, 0.2) is 23.6 Å². The molecule has 1 N–H and O–H groups in total. The lowest BCUT2D eigenvalue weighted by molar-refractivity contribution is -0.116. The topological polar surface area (TPSA) is 51.2 Å². The van der Waals surface area contributed by atoms with Gasteiger partial charge in [0, 0.05) is 11.8 Å². The normalized spacial score (nSPS) is 10.3. The van der Waals surface area contributed by atoms with Crippen LogP contribution in [0.4, 0.5) is 9.52 Å². The van der Waals surface area contributed by atoms with E-state index < -0.39 is 5.82 Å². The first-order chi connectivity index (χ1) is 9.58. The van der Waals surface area contributed by atoms with Crippen molar-refractivity contribution >= 4 is 22.4 Å². The van der Waals surface area contributed by atoms with Gasteiger partial charge in [-0.05, 0) is 31.0 Å². The molecule has 1 aromatic heterocycles. The molecule has 106 valence electrons. The molecule has 2 aromatic rings. The number of ether oxygens (including phenoxy) is 1. The van der Waals surface area contributed by atoms with Gasteiger partial charge in [-0.1, -0.05) is 6.07 Å². The van der Waals surface area contributed by atoms with Crippen LogP contribution in [0.1, 0.15) is 17.7 Å². The second-order valence-corrected chi connectivity index (χ2v) is 5.17. The maximum absolute atomic E-state index is 13.5. The van der Waals surface area contributed by atoms with Crippen molar-refractivity contribution in [3.8, 4) is 5.75 Å². The molecule has 0 radical (unpaired) electrons. The number of carbonyl (C=O) groups is 1. The van der Waals surface area contributed by atoms with E-state index in [1.54, 1.807) is 12.1 Å². The first kappa shape index (κ1) is 14.5. The van der Waals surface area contributed by atoms with E-state index >= 15 is 0 Å². The summed E-state index contributed by atoms with van der Waals surface area (Å²) < 4.78 is 18.3. The summed E-state index contributed by atoms with van der Waals surface area (Å²) in [6.45, 7) is 1.87. The van der Waals surface area contributed by atoms with Crippen LogP contribution >= 0.6 is 11.3 Å². The molecular formula is C14H15FN2O2S. The molecular weight excluding hydrogens is 279 g/mol. The van der Waals surface area contributed by atoms with Gasteiger partial charge >= 0.3 is 0 Å². The standard InChI is InChI=1S/C14H15FN2O2S/c1-9-8-20-14(16-9)17-13(18)6-4-10-3-5-12(19-2)11(15)7-10/h3,5,7-8H,4,6H2,1-2H3,(H,16,17,18). The van der Waals surface area contributed by atoms with Crippen molar-refractivity contribution in [1.29, 1.82) is 0 Å². The van der Waals surface area contributed by atoms with E-state index in [1.807, 2.05) is 12.3 Å². The molecule has 1 amide bonds. The Morgan fingerprint density at radius 3 is 2.90 bits per heavy atom. The first-order valence-corrected chi connectivity index (χ1v) is 7.01. The fraction of sp³-hybridized carbons (Fsp3) is 0.286. The number of anilines is 1. The number of thiazole rings is 1. The molecule has 0 bridgehead atoms. The predicted molar refractivity (Wildman–Crippen MR) is 76.8 cm³/mol. The summed E-state index contributed by atoms with van der Waals surface area (Å²) >= 11 is 1.39. The zero-order chi connectivity index (χ0) is 14.5. The van der Waals surface area contributed by atoms with Crippen LogP contribution < -0.4 is 10.1 Å². The number of amides is 1. The maximum Gasteiger partial charge on any atom is 0.226 e. The molecule has 20 heavy (non-hydrogen) atoms. The van der Waals surface area contributed by atoms with Crippen molar-refractivity contribution in [2.75, 3.05) is 12.4 Å². The van der Waals surface area contributed by atoms with Gasteiger partial charge in [0.25, 0.3) is 0 Å². The summed E-state index contributed by atoms with van der Waals surface area (Å²) in [4.78, 5) is 15.9. The molecule has 4 nitrogen and oxygen atoms in total. The van der Waals surface area contributed by atoms with E-state index in [-0.39, 0.29) is 18.1 Å². The molecule has 0 spiro atoms. The zero-order valence-corrected chi connectivity index (χ0v) is 12.1. The van der Waals surface area contributed by atoms with E-state index in [4.69, 9.17) is 4.74 Å². The molecule has 0 saturated heterocycles. The molecule has 0 aliphatic rings. The van der Waals surface area contributed by atoms with Gasteiger partial charge in [0.15, 0.2) is 16.7 Å². The van der Waals surface area contributed by atoms with E-state index in [1.165, 1.54) is 24.5 Å². The molecule has 0 aliphatic heterocycles. The molecule has 0 unspecified atom stereocenters. The summed E-state index contributed by atoms with van der Waals surface area (Å²) in [6, 6.07) is 4.70. The van der Waals surface area contributed by atoms with Gasteiger partial charge in [-0.2, -0.15) is 0 Å². The van der Waals surface area contributed by atoms with Crippen molar-refractivity contribution in [1.82, 2.24) is 4.98 Å². The van der Waals surface area contributed by atoms with Crippen molar-refractivity contribution < 1.29 is 13.9 Å². The average Bonchev–Trinajstić information content (AvgIpc) is 2.82. The smallest absolute Gasteiger partial charge is 0.226 e. The Bertz CT molecular complexity index is 613. The third kappa shape index (κ3) is 3.77. The van der Waals surface area contributed by atoms with E-state index in [2.05, 4.69) is 10.3 Å². The Labute approximate surface area is 120 Å². The van der Waals surface area contributed by atoms with Gasteiger partial charge in [-0.3, -0.25) is 4.79 Å². The Balaban J connectivity index is 1.88. The SMILES string of the molecule is COc1ccc(CCC(=O)Nc2nc(C)cs2)cc1F. The van der Waals surface area contributed by atoms with Gasteiger partial charge < -0.3 is 10.1 Å². The highest BCUT2D eigenvalue weighted by Gasteiger charge is 2.08. The van der Waals surface area contributed by atoms with Gasteiger partial charge in [0.05, 0.1) is 12.8 Å². The monoisotopic (exact) mass is 294 g/mol. The number of nitrogens with one attached hydrogen (secondary N) is 1. The fourth-order valence-corrected chi connectivity index (χ4v) is 2.42. The minimum Gasteiger partial charge on any atom is -0.494 e. The lowest BCUT2D eigenvalue weighted by Gasteiger charge is -2.05. The van der Waals surface area contributed by atoms with E-state index in [0.29, 0.717) is 11.6 Å². The summed E-state index contributed by atoms with van der Waals surface area (Å²) in [5, 5.41) is 5.18. The number of hydrogen-bond acceptors (Lipinski definition) is 4. The van der Waals surface area contributed by atoms with Crippen molar-refractivity contribution in [2.24, 2.45) is 0 Å². The van der Waals surface area contributed by atoms with Gasteiger partial charge in [-0.25, -0.2) is 9.37 Å². The number of benzene rings is 1. The summed E-state index contributed by atoms with van der Waals surface area (Å²) in [6.07, 6.45) is 0.751. The lowest BCUT2D eigenvalue weighted by Crippen LogP contribution is -2.12. The minimum atomic E-state index is -0.416. The lowest BCUT2D eigenvalue weighted by atomic mass is 10.1. The van der Waals surface area contributed by atoms with Crippen molar-refractivity contribution in [2.45, 2.75) is 19.8 Å². The number of hydrogen-bond donors (Lipinski definition) is 1. The molecule has 0 atom stereocenters. The van der Waals surface area contributed by atoms with Crippen LogP contribution in [-0.4, -0.2) is 18.0 Å². The van der Waals surface area contributed by atoms with Crippen LogP contribution in [0.5, 0.6) is 5.75 Å². The van der Waals surface area contributed by atoms with E-state index in [0.717, 1.165) is 11.3 Å². The zero-order valence-electron chi connectivity index (χ0n) is 11.3. The molecule has 0 fully saturated rings. The summed E-state index contributed by atoms with van der Waals surface area (Å²) in [7, 11) is 1.42. The number of halogens is 1. The molecule has 2 rings (SSSR count). The van der Waals surface area contributed by atoms with Gasteiger partial charge in [0.2, 0.25) is 5.91 Å². The second-order valence-electron chi connectivity index (χ2n) is 4.31. The number of carbonyl (C=O) groups excluding carboxylic acids is 1. The number of rotatable bonds is 5. The molecule has 1 heterocycles. The van der Waals surface area contributed by atoms with Crippen molar-refractivity contribution in [3.05, 3.63) is 40.7 Å². The van der Waals surface area contributed by atoms with Crippen LogP contribution in [0, 0.1) is 12.7 Å². The third-order valence-corrected chi connectivity index (χ3v) is 3.60. The predicted octanol–water partition coefficient (Wildman–Crippen LogP) is 3.17. The Morgan fingerprint density at radius 2 is 2.30 bits per heavy atom.